The Morgan fingerprint density at radius 3 is 2.76 bits per heavy atom. The molecule has 0 saturated carbocycles. The largest absolute Gasteiger partial charge is 0.338 e. The van der Waals surface area contributed by atoms with Gasteiger partial charge in [0.25, 0.3) is 0 Å². The monoisotopic (exact) mass is 231 g/mol. The van der Waals surface area contributed by atoms with E-state index in [0.717, 1.165) is 5.56 Å². The molecule has 1 saturated heterocycles. The fraction of sp³-hybridized carbons (Fsp3) is 0.333. The van der Waals surface area contributed by atoms with Crippen LogP contribution in [0.4, 0.5) is 0 Å². The molecule has 0 radical (unpaired) electrons. The summed E-state index contributed by atoms with van der Waals surface area (Å²) in [5, 5.41) is 10.5. The summed E-state index contributed by atoms with van der Waals surface area (Å²) in [6.45, 7) is 2.52. The maximum atomic E-state index is 5.93. The highest BCUT2D eigenvalue weighted by atomic mass is 16.7. The zero-order chi connectivity index (χ0) is 11.7. The van der Waals surface area contributed by atoms with Crippen LogP contribution < -0.4 is 0 Å². The maximum Gasteiger partial charge on any atom is 0.243 e. The summed E-state index contributed by atoms with van der Waals surface area (Å²) in [4.78, 5) is 0. The summed E-state index contributed by atoms with van der Waals surface area (Å²) >= 11 is 0. The lowest BCUT2D eigenvalue weighted by Gasteiger charge is -2.25. The number of nitrogens with zero attached hydrogens (tertiary/aromatic N) is 2. The molecule has 1 N–H and O–H groups in total. The highest BCUT2D eigenvalue weighted by Crippen LogP contribution is 2.38. The SMILES string of the molecule is CC1COC(c2ccccc2)(c2cn[nH]n2)O1. The van der Waals surface area contributed by atoms with E-state index in [1.807, 2.05) is 37.3 Å². The van der Waals surface area contributed by atoms with E-state index in [2.05, 4.69) is 15.4 Å². The molecule has 2 heterocycles. The van der Waals surface area contributed by atoms with Crippen LogP contribution in [0.25, 0.3) is 0 Å². The molecule has 1 aliphatic rings. The zero-order valence-electron chi connectivity index (χ0n) is 9.46. The van der Waals surface area contributed by atoms with Crippen LogP contribution in [0.5, 0.6) is 0 Å². The van der Waals surface area contributed by atoms with Crippen molar-refractivity contribution in [3.63, 3.8) is 0 Å². The lowest BCUT2D eigenvalue weighted by Crippen LogP contribution is -2.29. The highest BCUT2D eigenvalue weighted by Gasteiger charge is 2.45. The molecule has 1 aliphatic heterocycles. The summed E-state index contributed by atoms with van der Waals surface area (Å²) in [5.41, 5.74) is 1.58. The summed E-state index contributed by atoms with van der Waals surface area (Å²) in [6, 6.07) is 9.79. The Labute approximate surface area is 98.8 Å². The molecule has 2 unspecified atom stereocenters. The third-order valence-electron chi connectivity index (χ3n) is 2.79. The molecule has 88 valence electrons. The smallest absolute Gasteiger partial charge is 0.243 e. The van der Waals surface area contributed by atoms with Gasteiger partial charge in [-0.2, -0.15) is 15.4 Å². The van der Waals surface area contributed by atoms with E-state index < -0.39 is 5.79 Å². The molecule has 1 aromatic carbocycles. The van der Waals surface area contributed by atoms with E-state index in [4.69, 9.17) is 9.47 Å². The quantitative estimate of drug-likeness (QED) is 0.849. The first-order valence-electron chi connectivity index (χ1n) is 5.55. The Morgan fingerprint density at radius 1 is 1.35 bits per heavy atom. The zero-order valence-corrected chi connectivity index (χ0v) is 9.46. The van der Waals surface area contributed by atoms with Crippen molar-refractivity contribution in [2.24, 2.45) is 0 Å². The number of aromatic amines is 1. The van der Waals surface area contributed by atoms with Gasteiger partial charge in [-0.05, 0) is 6.92 Å². The molecule has 0 amide bonds. The molecule has 3 rings (SSSR count). The minimum Gasteiger partial charge on any atom is -0.338 e. The molecule has 1 fully saturated rings. The normalized spacial score (nSPS) is 28.4. The molecule has 0 spiro atoms. The van der Waals surface area contributed by atoms with E-state index >= 15 is 0 Å². The van der Waals surface area contributed by atoms with Gasteiger partial charge >= 0.3 is 0 Å². The second-order valence-electron chi connectivity index (χ2n) is 4.08. The van der Waals surface area contributed by atoms with Gasteiger partial charge in [-0.3, -0.25) is 0 Å². The van der Waals surface area contributed by atoms with Crippen LogP contribution >= 0.6 is 0 Å². The number of rotatable bonds is 2. The highest BCUT2D eigenvalue weighted by molar-refractivity contribution is 5.29. The Morgan fingerprint density at radius 2 is 2.18 bits per heavy atom. The van der Waals surface area contributed by atoms with Crippen LogP contribution in [-0.2, 0) is 15.3 Å². The van der Waals surface area contributed by atoms with E-state index in [0.29, 0.717) is 12.3 Å². The minimum atomic E-state index is -0.923. The van der Waals surface area contributed by atoms with Gasteiger partial charge in [0.15, 0.2) is 0 Å². The average Bonchev–Trinajstić information content (AvgIpc) is 3.00. The van der Waals surface area contributed by atoms with Crippen molar-refractivity contribution in [1.82, 2.24) is 15.4 Å². The van der Waals surface area contributed by atoms with E-state index in [1.54, 1.807) is 6.20 Å². The van der Waals surface area contributed by atoms with Gasteiger partial charge in [0.1, 0.15) is 5.69 Å². The van der Waals surface area contributed by atoms with Gasteiger partial charge < -0.3 is 9.47 Å². The molecule has 0 aliphatic carbocycles. The number of hydrogen-bond donors (Lipinski definition) is 1. The molecule has 5 nitrogen and oxygen atoms in total. The summed E-state index contributed by atoms with van der Waals surface area (Å²) < 4.78 is 11.8. The van der Waals surface area contributed by atoms with Crippen molar-refractivity contribution in [3.05, 3.63) is 47.8 Å². The standard InChI is InChI=1S/C12H13N3O2/c1-9-8-16-12(17-9,11-7-13-15-14-11)10-5-3-2-4-6-10/h2-7,9H,8H2,1H3,(H,13,14,15). The van der Waals surface area contributed by atoms with Crippen LogP contribution in [0.1, 0.15) is 18.2 Å². The predicted octanol–water partition coefficient (Wildman–Crippen LogP) is 1.44. The molecular formula is C12H13N3O2. The number of benzene rings is 1. The molecular weight excluding hydrogens is 218 g/mol. The molecule has 5 heteroatoms. The minimum absolute atomic E-state index is 0.0342. The van der Waals surface area contributed by atoms with Crippen LogP contribution in [-0.4, -0.2) is 28.1 Å². The van der Waals surface area contributed by atoms with Gasteiger partial charge in [0, 0.05) is 5.56 Å². The lowest BCUT2D eigenvalue weighted by molar-refractivity contribution is -0.143. The van der Waals surface area contributed by atoms with Crippen LogP contribution in [0, 0.1) is 0 Å². The third kappa shape index (κ3) is 1.64. The fourth-order valence-corrected chi connectivity index (χ4v) is 2.04. The first kappa shape index (κ1) is 10.4. The Hall–Kier alpha value is -1.72. The first-order chi connectivity index (χ1) is 8.31. The van der Waals surface area contributed by atoms with Crippen LogP contribution in [0.15, 0.2) is 36.5 Å². The number of H-pyrrole nitrogens is 1. The topological polar surface area (TPSA) is 60.0 Å². The van der Waals surface area contributed by atoms with Crippen molar-refractivity contribution in [1.29, 1.82) is 0 Å². The van der Waals surface area contributed by atoms with Crippen molar-refractivity contribution in [2.45, 2.75) is 18.8 Å². The van der Waals surface area contributed by atoms with E-state index in [-0.39, 0.29) is 6.10 Å². The van der Waals surface area contributed by atoms with E-state index in [9.17, 15) is 0 Å². The van der Waals surface area contributed by atoms with E-state index in [1.165, 1.54) is 0 Å². The van der Waals surface area contributed by atoms with Gasteiger partial charge in [-0.1, -0.05) is 30.3 Å². The van der Waals surface area contributed by atoms with Gasteiger partial charge in [0.2, 0.25) is 5.79 Å². The molecule has 2 aromatic rings. The number of nitrogens with one attached hydrogen (secondary N) is 1. The van der Waals surface area contributed by atoms with Gasteiger partial charge in [0.05, 0.1) is 18.9 Å². The third-order valence-corrected chi connectivity index (χ3v) is 2.79. The maximum absolute atomic E-state index is 5.93. The number of aromatic nitrogens is 3. The average molecular weight is 231 g/mol. The van der Waals surface area contributed by atoms with Crippen molar-refractivity contribution < 1.29 is 9.47 Å². The van der Waals surface area contributed by atoms with Crippen LogP contribution in [0.2, 0.25) is 0 Å². The predicted molar refractivity (Wildman–Crippen MR) is 60.1 cm³/mol. The van der Waals surface area contributed by atoms with Crippen molar-refractivity contribution >= 4 is 0 Å². The first-order valence-corrected chi connectivity index (χ1v) is 5.55. The second-order valence-corrected chi connectivity index (χ2v) is 4.08. The lowest BCUT2D eigenvalue weighted by atomic mass is 10.0. The number of ether oxygens (including phenoxy) is 2. The molecule has 17 heavy (non-hydrogen) atoms. The van der Waals surface area contributed by atoms with Crippen molar-refractivity contribution in [2.75, 3.05) is 6.61 Å². The number of hydrogen-bond acceptors (Lipinski definition) is 4. The summed E-state index contributed by atoms with van der Waals surface area (Å²) in [7, 11) is 0. The Bertz CT molecular complexity index is 486. The summed E-state index contributed by atoms with van der Waals surface area (Å²) in [6.07, 6.45) is 1.66. The Kier molecular flexibility index (Phi) is 2.42. The fourth-order valence-electron chi connectivity index (χ4n) is 2.04. The van der Waals surface area contributed by atoms with Gasteiger partial charge in [-0.15, -0.1) is 0 Å². The Balaban J connectivity index is 2.10. The summed E-state index contributed by atoms with van der Waals surface area (Å²) in [5.74, 6) is -0.923. The molecule has 2 atom stereocenters. The van der Waals surface area contributed by atoms with Gasteiger partial charge in [-0.25, -0.2) is 0 Å². The second kappa shape index (κ2) is 3.94. The molecule has 1 aromatic heterocycles. The van der Waals surface area contributed by atoms with Crippen LogP contribution in [0.3, 0.4) is 0 Å². The van der Waals surface area contributed by atoms with Crippen molar-refractivity contribution in [3.8, 4) is 0 Å². The molecule has 0 bridgehead atoms.